The average Bonchev–Trinajstić information content (AvgIpc) is 3.11. The van der Waals surface area contributed by atoms with Crippen molar-refractivity contribution in [2.24, 2.45) is 11.7 Å². The Bertz CT molecular complexity index is 983. The van der Waals surface area contributed by atoms with Crippen LogP contribution in [0, 0.1) is 5.92 Å². The Morgan fingerprint density at radius 2 is 2.04 bits per heavy atom. The first-order valence-corrected chi connectivity index (χ1v) is 9.07. The van der Waals surface area contributed by atoms with E-state index < -0.39 is 11.9 Å². The van der Waals surface area contributed by atoms with Crippen molar-refractivity contribution in [3.05, 3.63) is 36.5 Å². The Kier molecular flexibility index (Phi) is 4.66. The molecule has 0 bridgehead atoms. The first-order chi connectivity index (χ1) is 13.3. The van der Waals surface area contributed by atoms with Gasteiger partial charge in [-0.25, -0.2) is 19.9 Å². The molecule has 0 spiro atoms. The van der Waals surface area contributed by atoms with Crippen LogP contribution in [0.4, 0.5) is 19.0 Å². The van der Waals surface area contributed by atoms with Gasteiger partial charge in [0, 0.05) is 31.5 Å². The number of hydrogen-bond acceptors (Lipinski definition) is 6. The van der Waals surface area contributed by atoms with Crippen molar-refractivity contribution in [3.8, 4) is 11.5 Å². The Balaban J connectivity index is 1.70. The standard InChI is InChI=1S/C18H20F3N7/c1-11(22)12-3-2-6-27(9-12)15-4-5-23-17(26-15)13-7-25-16-8-24-14(10-28(13)16)18(19,20)21/h4-5,7-8,10-12H,2-3,6,9,22H2,1H3. The van der Waals surface area contributed by atoms with Crippen molar-refractivity contribution >= 4 is 11.5 Å². The monoisotopic (exact) mass is 391 g/mol. The largest absolute Gasteiger partial charge is 0.434 e. The van der Waals surface area contributed by atoms with Gasteiger partial charge in [-0.2, -0.15) is 13.2 Å². The number of rotatable bonds is 3. The average molecular weight is 391 g/mol. The minimum atomic E-state index is -4.54. The van der Waals surface area contributed by atoms with Gasteiger partial charge in [-0.3, -0.25) is 4.40 Å². The Hall–Kier alpha value is -2.75. The molecule has 1 aliphatic heterocycles. The van der Waals surface area contributed by atoms with Gasteiger partial charge in [-0.05, 0) is 31.7 Å². The molecule has 0 radical (unpaired) electrons. The van der Waals surface area contributed by atoms with Crippen LogP contribution in [0.5, 0.6) is 0 Å². The number of piperidine rings is 1. The zero-order valence-electron chi connectivity index (χ0n) is 15.3. The molecule has 0 amide bonds. The maximum absolute atomic E-state index is 13.0. The van der Waals surface area contributed by atoms with E-state index in [1.165, 1.54) is 10.6 Å². The molecule has 10 heteroatoms. The maximum atomic E-state index is 13.0. The number of fused-ring (bicyclic) bond motifs is 1. The highest BCUT2D eigenvalue weighted by Gasteiger charge is 2.33. The van der Waals surface area contributed by atoms with Crippen LogP contribution in [-0.2, 0) is 6.18 Å². The van der Waals surface area contributed by atoms with Crippen molar-refractivity contribution in [2.45, 2.75) is 32.0 Å². The van der Waals surface area contributed by atoms with Crippen LogP contribution in [0.3, 0.4) is 0 Å². The molecule has 0 aromatic carbocycles. The second kappa shape index (κ2) is 7.01. The summed E-state index contributed by atoms with van der Waals surface area (Å²) in [7, 11) is 0. The zero-order valence-corrected chi connectivity index (χ0v) is 15.3. The number of aromatic nitrogens is 5. The number of hydrogen-bond donors (Lipinski definition) is 1. The predicted molar refractivity (Wildman–Crippen MR) is 97.6 cm³/mol. The van der Waals surface area contributed by atoms with Gasteiger partial charge in [0.25, 0.3) is 0 Å². The van der Waals surface area contributed by atoms with Crippen molar-refractivity contribution < 1.29 is 13.2 Å². The summed E-state index contributed by atoms with van der Waals surface area (Å²) in [6, 6.07) is 1.90. The summed E-state index contributed by atoms with van der Waals surface area (Å²) in [5, 5.41) is 0. The summed E-state index contributed by atoms with van der Waals surface area (Å²) in [6.07, 6.45) is 2.62. The summed E-state index contributed by atoms with van der Waals surface area (Å²) in [5.41, 5.74) is 5.74. The minimum absolute atomic E-state index is 0.0937. The third-order valence-corrected chi connectivity index (χ3v) is 5.08. The molecule has 1 fully saturated rings. The normalized spacial score (nSPS) is 19.2. The number of anilines is 1. The molecule has 3 aromatic heterocycles. The lowest BCUT2D eigenvalue weighted by Crippen LogP contribution is -2.42. The summed E-state index contributed by atoms with van der Waals surface area (Å²) in [4.78, 5) is 18.5. The molecule has 2 N–H and O–H groups in total. The molecule has 1 saturated heterocycles. The summed E-state index contributed by atoms with van der Waals surface area (Å²) >= 11 is 0. The maximum Gasteiger partial charge on any atom is 0.434 e. The van der Waals surface area contributed by atoms with Crippen molar-refractivity contribution in [1.29, 1.82) is 0 Å². The van der Waals surface area contributed by atoms with Crippen LogP contribution >= 0.6 is 0 Å². The third kappa shape index (κ3) is 3.51. The molecule has 2 unspecified atom stereocenters. The third-order valence-electron chi connectivity index (χ3n) is 5.08. The first kappa shape index (κ1) is 18.6. The fourth-order valence-electron chi connectivity index (χ4n) is 3.50. The molecule has 28 heavy (non-hydrogen) atoms. The van der Waals surface area contributed by atoms with E-state index in [0.29, 0.717) is 23.1 Å². The van der Waals surface area contributed by atoms with E-state index in [4.69, 9.17) is 5.73 Å². The van der Waals surface area contributed by atoms with Crippen LogP contribution in [0.15, 0.2) is 30.9 Å². The van der Waals surface area contributed by atoms with Crippen molar-refractivity contribution in [3.63, 3.8) is 0 Å². The minimum Gasteiger partial charge on any atom is -0.356 e. The van der Waals surface area contributed by atoms with Gasteiger partial charge >= 0.3 is 6.18 Å². The molecule has 2 atom stereocenters. The lowest BCUT2D eigenvalue weighted by molar-refractivity contribution is -0.141. The highest BCUT2D eigenvalue weighted by Crippen LogP contribution is 2.29. The highest BCUT2D eigenvalue weighted by molar-refractivity contribution is 5.58. The second-order valence-corrected chi connectivity index (χ2v) is 7.09. The number of alkyl halides is 3. The zero-order chi connectivity index (χ0) is 19.9. The second-order valence-electron chi connectivity index (χ2n) is 7.09. The topological polar surface area (TPSA) is 85.2 Å². The van der Waals surface area contributed by atoms with Crippen LogP contribution in [-0.4, -0.2) is 43.5 Å². The summed E-state index contributed by atoms with van der Waals surface area (Å²) < 4.78 is 40.4. The smallest absolute Gasteiger partial charge is 0.356 e. The van der Waals surface area contributed by atoms with Crippen LogP contribution < -0.4 is 10.6 Å². The molecule has 148 valence electrons. The van der Waals surface area contributed by atoms with Gasteiger partial charge in [-0.15, -0.1) is 0 Å². The Morgan fingerprint density at radius 3 is 2.79 bits per heavy atom. The number of nitrogens with two attached hydrogens (primary N) is 1. The van der Waals surface area contributed by atoms with Gasteiger partial charge in [0.2, 0.25) is 0 Å². The highest BCUT2D eigenvalue weighted by atomic mass is 19.4. The quantitative estimate of drug-likeness (QED) is 0.739. The first-order valence-electron chi connectivity index (χ1n) is 9.07. The summed E-state index contributed by atoms with van der Waals surface area (Å²) in [5.74, 6) is 1.42. The van der Waals surface area contributed by atoms with Gasteiger partial charge in [-0.1, -0.05) is 0 Å². The lowest BCUT2D eigenvalue weighted by Gasteiger charge is -2.35. The van der Waals surface area contributed by atoms with Gasteiger partial charge in [0.15, 0.2) is 17.2 Å². The molecule has 7 nitrogen and oxygen atoms in total. The molecular formula is C18H20F3N7. The molecular weight excluding hydrogens is 371 g/mol. The van der Waals surface area contributed by atoms with Crippen molar-refractivity contribution in [2.75, 3.05) is 18.0 Å². The van der Waals surface area contributed by atoms with E-state index in [1.807, 2.05) is 6.92 Å². The van der Waals surface area contributed by atoms with E-state index in [-0.39, 0.29) is 6.04 Å². The van der Waals surface area contributed by atoms with E-state index >= 15 is 0 Å². The molecule has 0 saturated carbocycles. The lowest BCUT2D eigenvalue weighted by atomic mass is 9.92. The molecule has 1 aliphatic rings. The number of nitrogens with zero attached hydrogens (tertiary/aromatic N) is 6. The summed E-state index contributed by atoms with van der Waals surface area (Å²) in [6.45, 7) is 3.66. The number of halogens is 3. The molecule has 4 rings (SSSR count). The molecule has 3 aromatic rings. The van der Waals surface area contributed by atoms with E-state index in [2.05, 4.69) is 24.8 Å². The van der Waals surface area contributed by atoms with Crippen LogP contribution in [0.1, 0.15) is 25.5 Å². The van der Waals surface area contributed by atoms with Crippen molar-refractivity contribution in [1.82, 2.24) is 24.3 Å². The molecule has 4 heterocycles. The molecule has 0 aliphatic carbocycles. The Morgan fingerprint density at radius 1 is 1.21 bits per heavy atom. The van der Waals surface area contributed by atoms with Gasteiger partial charge < -0.3 is 10.6 Å². The fourth-order valence-corrected chi connectivity index (χ4v) is 3.50. The number of imidazole rings is 1. The van der Waals surface area contributed by atoms with Gasteiger partial charge in [0.1, 0.15) is 11.5 Å². The van der Waals surface area contributed by atoms with E-state index in [0.717, 1.165) is 44.1 Å². The van der Waals surface area contributed by atoms with Crippen LogP contribution in [0.2, 0.25) is 0 Å². The fraction of sp³-hybridized carbons (Fsp3) is 0.444. The van der Waals surface area contributed by atoms with Gasteiger partial charge in [0.05, 0.1) is 12.4 Å². The Labute approximate surface area is 159 Å². The predicted octanol–water partition coefficient (Wildman–Crippen LogP) is 2.77. The van der Waals surface area contributed by atoms with Crippen LogP contribution in [0.25, 0.3) is 17.2 Å². The SMILES string of the molecule is CC(N)C1CCCN(c2ccnc(-c3cnc4cnc(C(F)(F)F)cn34)n2)C1. The van der Waals surface area contributed by atoms with E-state index in [9.17, 15) is 13.2 Å². The van der Waals surface area contributed by atoms with E-state index in [1.54, 1.807) is 12.3 Å².